The van der Waals surface area contributed by atoms with Crippen LogP contribution in [0.3, 0.4) is 0 Å². The van der Waals surface area contributed by atoms with E-state index in [1.807, 2.05) is 0 Å². The lowest BCUT2D eigenvalue weighted by Gasteiger charge is -2.32. The van der Waals surface area contributed by atoms with E-state index in [2.05, 4.69) is 10.6 Å². The molecule has 1 aromatic carbocycles. The van der Waals surface area contributed by atoms with Gasteiger partial charge in [0.25, 0.3) is 0 Å². The highest BCUT2D eigenvalue weighted by Crippen LogP contribution is 2.44. The third kappa shape index (κ3) is 3.99. The van der Waals surface area contributed by atoms with Crippen LogP contribution in [0.15, 0.2) is 46.8 Å². The Hall–Kier alpha value is -2.77. The number of amides is 1. The summed E-state index contributed by atoms with van der Waals surface area (Å²) in [5, 5.41) is 5.51. The smallest absolute Gasteiger partial charge is 0.416 e. The van der Waals surface area contributed by atoms with Gasteiger partial charge in [0, 0.05) is 23.5 Å². The molecule has 2 N–H and O–H groups in total. The summed E-state index contributed by atoms with van der Waals surface area (Å²) in [6.45, 7) is 5.14. The monoisotopic (exact) mass is 382 g/mol. The van der Waals surface area contributed by atoms with Crippen LogP contribution in [-0.4, -0.2) is 25.5 Å². The number of hydrogen-bond donors (Lipinski definition) is 2. The van der Waals surface area contributed by atoms with Crippen LogP contribution in [-0.2, 0) is 20.5 Å². The number of halogens is 3. The number of nitrogens with one attached hydrogen (secondary N) is 2. The molecule has 1 aromatic rings. The number of benzene rings is 1. The van der Waals surface area contributed by atoms with Crippen molar-refractivity contribution in [2.75, 3.05) is 13.7 Å². The standard InChI is InChI=1S/C19H21F3N2O3/c1-5-23-17(25)14-10(2)24-11(3)15(18(26)27-4)16(14)12-8-6-7-9-13(12)19(20,21)22/h6-9,16,24H,5H2,1-4H3,(H,23,25)/t16-/m1/s1. The van der Waals surface area contributed by atoms with Gasteiger partial charge < -0.3 is 15.4 Å². The number of likely N-dealkylation sites (N-methyl/N-ethyl adjacent to an activating group) is 1. The Labute approximate surface area is 155 Å². The van der Waals surface area contributed by atoms with E-state index in [1.165, 1.54) is 18.2 Å². The summed E-state index contributed by atoms with van der Waals surface area (Å²) in [7, 11) is 1.15. The normalized spacial score (nSPS) is 17.5. The fourth-order valence-electron chi connectivity index (χ4n) is 3.25. The lowest BCUT2D eigenvalue weighted by molar-refractivity contribution is -0.139. The van der Waals surface area contributed by atoms with Crippen molar-refractivity contribution < 1.29 is 27.5 Å². The SMILES string of the molecule is CCNC(=O)C1=C(C)NC(C)=C(C(=O)OC)[C@@H]1c1ccccc1C(F)(F)F. The van der Waals surface area contributed by atoms with E-state index in [-0.39, 0.29) is 16.7 Å². The Kier molecular flexibility index (Phi) is 5.98. The topological polar surface area (TPSA) is 67.4 Å². The second-order valence-electron chi connectivity index (χ2n) is 6.07. The number of rotatable bonds is 4. The van der Waals surface area contributed by atoms with Crippen LogP contribution < -0.4 is 10.6 Å². The van der Waals surface area contributed by atoms with Gasteiger partial charge in [-0.3, -0.25) is 4.79 Å². The van der Waals surface area contributed by atoms with Gasteiger partial charge in [-0.15, -0.1) is 0 Å². The largest absolute Gasteiger partial charge is 0.466 e. The number of hydrogen-bond acceptors (Lipinski definition) is 4. The Bertz CT molecular complexity index is 826. The molecule has 2 rings (SSSR count). The zero-order valence-electron chi connectivity index (χ0n) is 15.5. The molecule has 0 bridgehead atoms. The maximum Gasteiger partial charge on any atom is 0.416 e. The lowest BCUT2D eigenvalue weighted by atomic mass is 9.78. The summed E-state index contributed by atoms with van der Waals surface area (Å²) in [6, 6.07) is 4.93. The minimum Gasteiger partial charge on any atom is -0.466 e. The average Bonchev–Trinajstić information content (AvgIpc) is 2.59. The van der Waals surface area contributed by atoms with Crippen LogP contribution in [0.1, 0.15) is 37.8 Å². The van der Waals surface area contributed by atoms with Crippen LogP contribution in [0, 0.1) is 0 Å². The molecular weight excluding hydrogens is 361 g/mol. The van der Waals surface area contributed by atoms with E-state index in [1.54, 1.807) is 20.8 Å². The van der Waals surface area contributed by atoms with Gasteiger partial charge in [0.05, 0.1) is 24.2 Å². The molecule has 0 fully saturated rings. The molecule has 1 atom stereocenters. The number of carbonyl (C=O) groups is 2. The van der Waals surface area contributed by atoms with E-state index in [9.17, 15) is 22.8 Å². The third-order valence-corrected chi connectivity index (χ3v) is 4.32. The molecule has 0 unspecified atom stereocenters. The van der Waals surface area contributed by atoms with E-state index in [0.717, 1.165) is 13.2 Å². The highest BCUT2D eigenvalue weighted by molar-refractivity contribution is 6.02. The molecule has 0 aromatic heterocycles. The summed E-state index contributed by atoms with van der Waals surface area (Å²) < 4.78 is 45.6. The number of carbonyl (C=O) groups excluding carboxylic acids is 2. The van der Waals surface area contributed by atoms with Crippen molar-refractivity contribution in [3.63, 3.8) is 0 Å². The van der Waals surface area contributed by atoms with Gasteiger partial charge in [-0.2, -0.15) is 13.2 Å². The first kappa shape index (κ1) is 20.5. The van der Waals surface area contributed by atoms with E-state index < -0.39 is 29.5 Å². The van der Waals surface area contributed by atoms with Gasteiger partial charge in [-0.1, -0.05) is 18.2 Å². The molecule has 146 valence electrons. The molecule has 1 amide bonds. The molecule has 27 heavy (non-hydrogen) atoms. The highest BCUT2D eigenvalue weighted by atomic mass is 19.4. The Morgan fingerprint density at radius 1 is 1.15 bits per heavy atom. The first-order chi connectivity index (χ1) is 12.6. The number of esters is 1. The zero-order chi connectivity index (χ0) is 20.4. The summed E-state index contributed by atoms with van der Waals surface area (Å²) >= 11 is 0. The predicted octanol–water partition coefficient (Wildman–Crippen LogP) is 3.25. The predicted molar refractivity (Wildman–Crippen MR) is 93.4 cm³/mol. The molecule has 1 heterocycles. The maximum atomic E-state index is 13.6. The van der Waals surface area contributed by atoms with Crippen LogP contribution in [0.2, 0.25) is 0 Å². The number of ether oxygens (including phenoxy) is 1. The van der Waals surface area contributed by atoms with Crippen molar-refractivity contribution in [2.45, 2.75) is 32.9 Å². The summed E-state index contributed by atoms with van der Waals surface area (Å²) in [4.78, 5) is 25.1. The van der Waals surface area contributed by atoms with Gasteiger partial charge in [0.15, 0.2) is 0 Å². The molecule has 0 spiro atoms. The second-order valence-corrected chi connectivity index (χ2v) is 6.07. The molecule has 0 radical (unpaired) electrons. The third-order valence-electron chi connectivity index (χ3n) is 4.32. The quantitative estimate of drug-likeness (QED) is 0.785. The number of dihydropyridines is 1. The van der Waals surface area contributed by atoms with Crippen LogP contribution in [0.4, 0.5) is 13.2 Å². The fourth-order valence-corrected chi connectivity index (χ4v) is 3.25. The number of allylic oxidation sites excluding steroid dienone is 2. The van der Waals surface area contributed by atoms with Crippen LogP contribution in [0.25, 0.3) is 0 Å². The minimum absolute atomic E-state index is 0.0268. The van der Waals surface area contributed by atoms with Crippen molar-refractivity contribution in [2.24, 2.45) is 0 Å². The number of methoxy groups -OCH3 is 1. The summed E-state index contributed by atoms with van der Waals surface area (Å²) in [6.07, 6.45) is -4.64. The Morgan fingerprint density at radius 3 is 2.30 bits per heavy atom. The lowest BCUT2D eigenvalue weighted by Crippen LogP contribution is -2.37. The van der Waals surface area contributed by atoms with Crippen molar-refractivity contribution in [3.8, 4) is 0 Å². The summed E-state index contributed by atoms with van der Waals surface area (Å²) in [5.74, 6) is -2.54. The first-order valence-electron chi connectivity index (χ1n) is 8.34. The average molecular weight is 382 g/mol. The first-order valence-corrected chi connectivity index (χ1v) is 8.34. The van der Waals surface area contributed by atoms with E-state index >= 15 is 0 Å². The Balaban J connectivity index is 2.80. The fraction of sp³-hybridized carbons (Fsp3) is 0.368. The number of alkyl halides is 3. The molecule has 8 heteroatoms. The van der Waals surface area contributed by atoms with Crippen molar-refractivity contribution in [1.82, 2.24) is 10.6 Å². The van der Waals surface area contributed by atoms with E-state index in [4.69, 9.17) is 4.74 Å². The van der Waals surface area contributed by atoms with Crippen molar-refractivity contribution >= 4 is 11.9 Å². The van der Waals surface area contributed by atoms with Crippen LogP contribution >= 0.6 is 0 Å². The summed E-state index contributed by atoms with van der Waals surface area (Å²) in [5.41, 5.74) is -0.324. The highest BCUT2D eigenvalue weighted by Gasteiger charge is 2.42. The van der Waals surface area contributed by atoms with E-state index in [0.29, 0.717) is 17.9 Å². The minimum atomic E-state index is -4.64. The van der Waals surface area contributed by atoms with Gasteiger partial charge >= 0.3 is 12.1 Å². The van der Waals surface area contributed by atoms with Gasteiger partial charge in [0.2, 0.25) is 5.91 Å². The van der Waals surface area contributed by atoms with Gasteiger partial charge in [-0.05, 0) is 32.4 Å². The van der Waals surface area contributed by atoms with Crippen molar-refractivity contribution in [3.05, 3.63) is 57.9 Å². The zero-order valence-corrected chi connectivity index (χ0v) is 15.5. The molecule has 1 aliphatic heterocycles. The van der Waals surface area contributed by atoms with Crippen molar-refractivity contribution in [1.29, 1.82) is 0 Å². The van der Waals surface area contributed by atoms with Gasteiger partial charge in [0.1, 0.15) is 0 Å². The molecular formula is C19H21F3N2O3. The maximum absolute atomic E-state index is 13.6. The molecule has 5 nitrogen and oxygen atoms in total. The molecule has 0 saturated carbocycles. The molecule has 1 aliphatic rings. The van der Waals surface area contributed by atoms with Crippen LogP contribution in [0.5, 0.6) is 0 Å². The molecule has 0 saturated heterocycles. The second kappa shape index (κ2) is 7.85. The molecule has 0 aliphatic carbocycles. The van der Waals surface area contributed by atoms with Gasteiger partial charge in [-0.25, -0.2) is 4.79 Å². The Morgan fingerprint density at radius 2 is 1.74 bits per heavy atom.